The lowest BCUT2D eigenvalue weighted by Crippen LogP contribution is -2.33. The molecule has 2 heterocycles. The first kappa shape index (κ1) is 14.1. The molecule has 1 aliphatic rings. The van der Waals surface area contributed by atoms with Crippen molar-refractivity contribution in [2.75, 3.05) is 13.1 Å². The first-order valence-corrected chi connectivity index (χ1v) is 8.40. The maximum atomic E-state index is 11.8. The quantitative estimate of drug-likeness (QED) is 0.865. The van der Waals surface area contributed by atoms with Crippen LogP contribution < -0.4 is 5.14 Å². The number of sulfonamides is 1. The van der Waals surface area contributed by atoms with Crippen molar-refractivity contribution in [2.45, 2.75) is 18.1 Å². The average molecular weight is 307 g/mol. The van der Waals surface area contributed by atoms with Crippen molar-refractivity contribution in [3.63, 3.8) is 0 Å². The van der Waals surface area contributed by atoms with Gasteiger partial charge in [0.1, 0.15) is 5.25 Å². The van der Waals surface area contributed by atoms with Gasteiger partial charge in [-0.25, -0.2) is 13.6 Å². The predicted octanol–water partition coefficient (Wildman–Crippen LogP) is 0.600. The fraction of sp³-hybridized carbons (Fsp3) is 0.357. The minimum absolute atomic E-state index is 0.00840. The molecule has 21 heavy (non-hydrogen) atoms. The van der Waals surface area contributed by atoms with E-state index < -0.39 is 15.3 Å². The number of benzene rings is 1. The minimum atomic E-state index is -3.64. The molecule has 1 unspecified atom stereocenters. The third-order valence-corrected chi connectivity index (χ3v) is 5.13. The topological polar surface area (TPSA) is 96.3 Å². The number of nitrogens with zero attached hydrogens (tertiary/aromatic N) is 1. The van der Waals surface area contributed by atoms with Crippen molar-refractivity contribution >= 4 is 26.8 Å². The number of hydrogen-bond donors (Lipinski definition) is 2. The van der Waals surface area contributed by atoms with Gasteiger partial charge >= 0.3 is 0 Å². The fourth-order valence-electron chi connectivity index (χ4n) is 2.70. The Kier molecular flexibility index (Phi) is 3.46. The van der Waals surface area contributed by atoms with Crippen molar-refractivity contribution in [1.29, 1.82) is 0 Å². The van der Waals surface area contributed by atoms with E-state index in [9.17, 15) is 13.2 Å². The number of aromatic amines is 1. The summed E-state index contributed by atoms with van der Waals surface area (Å²) < 4.78 is 22.6. The summed E-state index contributed by atoms with van der Waals surface area (Å²) in [4.78, 5) is 16.7. The normalized spacial score (nSPS) is 19.6. The highest BCUT2D eigenvalue weighted by Crippen LogP contribution is 2.18. The van der Waals surface area contributed by atoms with Crippen LogP contribution in [0.25, 0.3) is 10.9 Å². The van der Waals surface area contributed by atoms with Crippen LogP contribution in [0.1, 0.15) is 12.1 Å². The van der Waals surface area contributed by atoms with Gasteiger partial charge in [0.2, 0.25) is 15.9 Å². The maximum Gasteiger partial charge on any atom is 0.224 e. The second-order valence-electron chi connectivity index (χ2n) is 5.39. The van der Waals surface area contributed by atoms with E-state index in [1.807, 2.05) is 30.3 Å². The van der Waals surface area contributed by atoms with Crippen LogP contribution >= 0.6 is 0 Å². The molecule has 0 radical (unpaired) electrons. The van der Waals surface area contributed by atoms with Gasteiger partial charge in [-0.3, -0.25) is 4.79 Å². The molecule has 1 fully saturated rings. The summed E-state index contributed by atoms with van der Waals surface area (Å²) in [6.45, 7) is 0.690. The van der Waals surface area contributed by atoms with Gasteiger partial charge in [0.05, 0.1) is 0 Å². The maximum absolute atomic E-state index is 11.8. The van der Waals surface area contributed by atoms with Crippen LogP contribution in [-0.4, -0.2) is 42.5 Å². The third-order valence-electron chi connectivity index (χ3n) is 3.88. The third kappa shape index (κ3) is 2.93. The fourth-order valence-corrected chi connectivity index (χ4v) is 3.46. The van der Waals surface area contributed by atoms with Gasteiger partial charge in [0.25, 0.3) is 0 Å². The summed E-state index contributed by atoms with van der Waals surface area (Å²) >= 11 is 0. The highest BCUT2D eigenvalue weighted by atomic mass is 32.2. The highest BCUT2D eigenvalue weighted by molar-refractivity contribution is 7.89. The Balaban J connectivity index is 1.66. The number of rotatable bonds is 4. The van der Waals surface area contributed by atoms with Crippen molar-refractivity contribution in [3.05, 3.63) is 36.0 Å². The zero-order chi connectivity index (χ0) is 15.0. The standard InChI is InChI=1S/C14H17N3O3S/c15-21(19,20)12-8-14(18)17(9-12)6-5-11-7-10-3-1-2-4-13(10)16-11/h1-4,7,12,16H,5-6,8-9H2,(H2,15,19,20). The first-order valence-electron chi connectivity index (χ1n) is 6.79. The number of likely N-dealkylation sites (tertiary alicyclic amines) is 1. The Hall–Kier alpha value is -1.86. The molecule has 1 saturated heterocycles. The number of H-pyrrole nitrogens is 1. The molecule has 1 aromatic carbocycles. The molecule has 0 bridgehead atoms. The number of para-hydroxylation sites is 1. The zero-order valence-electron chi connectivity index (χ0n) is 11.5. The van der Waals surface area contributed by atoms with Crippen LogP contribution in [0.15, 0.2) is 30.3 Å². The van der Waals surface area contributed by atoms with Gasteiger partial charge in [-0.1, -0.05) is 18.2 Å². The first-order chi connectivity index (χ1) is 9.93. The molecule has 2 aromatic rings. The lowest BCUT2D eigenvalue weighted by Gasteiger charge is -2.15. The summed E-state index contributed by atoms with van der Waals surface area (Å²) in [7, 11) is -3.64. The summed E-state index contributed by atoms with van der Waals surface area (Å²) in [5.41, 5.74) is 2.09. The molecule has 0 saturated carbocycles. The van der Waals surface area contributed by atoms with Gasteiger partial charge in [-0.2, -0.15) is 0 Å². The van der Waals surface area contributed by atoms with Crippen LogP contribution in [0.2, 0.25) is 0 Å². The SMILES string of the molecule is NS(=O)(=O)C1CC(=O)N(CCc2cc3ccccc3[nH]2)C1. The number of carbonyl (C=O) groups excluding carboxylic acids is 1. The predicted molar refractivity (Wildman–Crippen MR) is 80.1 cm³/mol. The summed E-state index contributed by atoms with van der Waals surface area (Å²) in [5, 5.41) is 5.47. The van der Waals surface area contributed by atoms with Crippen LogP contribution in [0, 0.1) is 0 Å². The van der Waals surface area contributed by atoms with E-state index in [1.165, 1.54) is 0 Å². The van der Waals surface area contributed by atoms with Gasteiger partial charge in [-0.15, -0.1) is 0 Å². The lowest BCUT2D eigenvalue weighted by atomic mass is 10.2. The van der Waals surface area contributed by atoms with Crippen LogP contribution in [0.5, 0.6) is 0 Å². The van der Waals surface area contributed by atoms with Crippen LogP contribution in [0.4, 0.5) is 0 Å². The summed E-state index contributed by atoms with van der Waals surface area (Å²) in [6.07, 6.45) is 0.656. The summed E-state index contributed by atoms with van der Waals surface area (Å²) in [5.74, 6) is -0.148. The number of aromatic nitrogens is 1. The van der Waals surface area contributed by atoms with E-state index in [2.05, 4.69) is 4.98 Å². The van der Waals surface area contributed by atoms with E-state index in [1.54, 1.807) is 4.90 Å². The molecular formula is C14H17N3O3S. The molecule has 3 N–H and O–H groups in total. The van der Waals surface area contributed by atoms with Crippen LogP contribution in [0.3, 0.4) is 0 Å². The number of carbonyl (C=O) groups is 1. The monoisotopic (exact) mass is 307 g/mol. The van der Waals surface area contributed by atoms with E-state index in [4.69, 9.17) is 5.14 Å². The summed E-state index contributed by atoms with van der Waals surface area (Å²) in [6, 6.07) is 10.0. The molecular weight excluding hydrogens is 290 g/mol. The Morgan fingerprint density at radius 3 is 2.76 bits per heavy atom. The van der Waals surface area contributed by atoms with E-state index in [-0.39, 0.29) is 18.9 Å². The van der Waals surface area contributed by atoms with E-state index >= 15 is 0 Å². The van der Waals surface area contributed by atoms with Crippen LogP contribution in [-0.2, 0) is 21.2 Å². The number of hydrogen-bond acceptors (Lipinski definition) is 3. The second-order valence-corrected chi connectivity index (χ2v) is 7.23. The van der Waals surface area contributed by atoms with Gasteiger partial charge in [-0.05, 0) is 17.5 Å². The molecule has 0 spiro atoms. The number of nitrogens with two attached hydrogens (primary N) is 1. The number of fused-ring (bicyclic) bond motifs is 1. The Morgan fingerprint density at radius 1 is 1.33 bits per heavy atom. The van der Waals surface area contributed by atoms with Crippen molar-refractivity contribution in [1.82, 2.24) is 9.88 Å². The zero-order valence-corrected chi connectivity index (χ0v) is 12.3. The number of nitrogens with one attached hydrogen (secondary N) is 1. The Bertz CT molecular complexity index is 749. The molecule has 3 rings (SSSR count). The molecule has 1 aromatic heterocycles. The number of primary sulfonamides is 1. The van der Waals surface area contributed by atoms with E-state index in [0.29, 0.717) is 13.0 Å². The molecule has 1 aliphatic heterocycles. The van der Waals surface area contributed by atoms with Crippen molar-refractivity contribution in [3.8, 4) is 0 Å². The van der Waals surface area contributed by atoms with Gasteiger partial charge in [0, 0.05) is 37.1 Å². The van der Waals surface area contributed by atoms with Crippen molar-refractivity contribution < 1.29 is 13.2 Å². The Labute approximate surface area is 123 Å². The average Bonchev–Trinajstić information content (AvgIpc) is 2.98. The second kappa shape index (κ2) is 5.16. The minimum Gasteiger partial charge on any atom is -0.358 e. The molecule has 0 aliphatic carbocycles. The Morgan fingerprint density at radius 2 is 2.10 bits per heavy atom. The van der Waals surface area contributed by atoms with Gasteiger partial charge in [0.15, 0.2) is 0 Å². The molecule has 1 atom stereocenters. The smallest absolute Gasteiger partial charge is 0.224 e. The van der Waals surface area contributed by atoms with E-state index in [0.717, 1.165) is 16.6 Å². The largest absolute Gasteiger partial charge is 0.358 e. The van der Waals surface area contributed by atoms with Gasteiger partial charge < -0.3 is 9.88 Å². The molecule has 6 nitrogen and oxygen atoms in total. The molecule has 112 valence electrons. The van der Waals surface area contributed by atoms with Crippen molar-refractivity contribution in [2.24, 2.45) is 5.14 Å². The molecule has 1 amide bonds. The lowest BCUT2D eigenvalue weighted by molar-refractivity contribution is -0.127. The molecule has 7 heteroatoms. The number of amides is 1. The highest BCUT2D eigenvalue weighted by Gasteiger charge is 2.36.